The number of benzene rings is 2. The van der Waals surface area contributed by atoms with Gasteiger partial charge in [-0.1, -0.05) is 33.2 Å². The predicted molar refractivity (Wildman–Crippen MR) is 82.1 cm³/mol. The summed E-state index contributed by atoms with van der Waals surface area (Å²) in [5.74, 6) is 0.0634. The fourth-order valence-electron chi connectivity index (χ4n) is 1.75. The molecule has 0 bridgehead atoms. The maximum atomic E-state index is 13.9. The highest BCUT2D eigenvalue weighted by atomic mass is 79.9. The summed E-state index contributed by atoms with van der Waals surface area (Å²) in [7, 11) is 0. The Balaban J connectivity index is 2.11. The summed E-state index contributed by atoms with van der Waals surface area (Å²) in [6.45, 7) is 2.05. The van der Waals surface area contributed by atoms with Crippen LogP contribution in [0.2, 0.25) is 0 Å². The van der Waals surface area contributed by atoms with Crippen LogP contribution in [-0.2, 0) is 6.61 Å². The molecule has 0 spiro atoms. The molecule has 0 aromatic heterocycles. The predicted octanol–water partition coefficient (Wildman–Crippen LogP) is 3.57. The van der Waals surface area contributed by atoms with Crippen molar-refractivity contribution in [1.82, 2.24) is 0 Å². The fourth-order valence-corrected chi connectivity index (χ4v) is 2.00. The average molecular weight is 353 g/mol. The number of rotatable bonds is 4. The topological polar surface area (TPSA) is 67.8 Å². The second-order valence-electron chi connectivity index (χ2n) is 4.49. The lowest BCUT2D eigenvalue weighted by Crippen LogP contribution is -2.13. The molecule has 0 saturated carbocycles. The molecule has 0 aliphatic carbocycles. The Morgan fingerprint density at radius 3 is 2.71 bits per heavy atom. The zero-order valence-electron chi connectivity index (χ0n) is 11.3. The van der Waals surface area contributed by atoms with Crippen molar-refractivity contribution < 1.29 is 14.3 Å². The number of amidine groups is 1. The van der Waals surface area contributed by atoms with Crippen LogP contribution < -0.4 is 10.5 Å². The second kappa shape index (κ2) is 6.58. The van der Waals surface area contributed by atoms with E-state index in [1.807, 2.05) is 19.1 Å². The first kappa shape index (κ1) is 15.3. The van der Waals surface area contributed by atoms with Crippen LogP contribution in [0.3, 0.4) is 0 Å². The van der Waals surface area contributed by atoms with Crippen molar-refractivity contribution in [3.8, 4) is 5.75 Å². The second-order valence-corrected chi connectivity index (χ2v) is 5.35. The lowest BCUT2D eigenvalue weighted by Gasteiger charge is -2.09. The molecule has 2 rings (SSSR count). The standard InChI is InChI=1S/C15H14BrFN2O2/c1-9-6-12(4-5-13(9)16)21-8-11-3-2-10(7-14(11)17)15(18)19-20/h2-7,20H,8H2,1H3,(H2,18,19). The lowest BCUT2D eigenvalue weighted by molar-refractivity contribution is 0.299. The first-order valence-corrected chi connectivity index (χ1v) is 6.96. The minimum absolute atomic E-state index is 0.101. The molecule has 0 atom stereocenters. The Labute approximate surface area is 130 Å². The van der Waals surface area contributed by atoms with Gasteiger partial charge in [-0.3, -0.25) is 0 Å². The highest BCUT2D eigenvalue weighted by molar-refractivity contribution is 9.10. The molecule has 0 radical (unpaired) electrons. The molecule has 0 aliphatic heterocycles. The monoisotopic (exact) mass is 352 g/mol. The van der Waals surface area contributed by atoms with Gasteiger partial charge in [0.2, 0.25) is 0 Å². The molecule has 0 aliphatic rings. The van der Waals surface area contributed by atoms with Crippen LogP contribution >= 0.6 is 15.9 Å². The van der Waals surface area contributed by atoms with Gasteiger partial charge in [-0.15, -0.1) is 0 Å². The molecular formula is C15H14BrFN2O2. The number of hydrogen-bond donors (Lipinski definition) is 2. The van der Waals surface area contributed by atoms with Gasteiger partial charge in [-0.05, 0) is 36.8 Å². The first-order valence-electron chi connectivity index (χ1n) is 6.16. The fraction of sp³-hybridized carbons (Fsp3) is 0.133. The van der Waals surface area contributed by atoms with E-state index in [9.17, 15) is 4.39 Å². The van der Waals surface area contributed by atoms with Gasteiger partial charge in [0.25, 0.3) is 0 Å². The van der Waals surface area contributed by atoms with E-state index in [0.717, 1.165) is 10.0 Å². The van der Waals surface area contributed by atoms with Crippen molar-refractivity contribution in [3.05, 3.63) is 63.4 Å². The van der Waals surface area contributed by atoms with Crippen LogP contribution in [0.25, 0.3) is 0 Å². The highest BCUT2D eigenvalue weighted by Gasteiger charge is 2.07. The van der Waals surface area contributed by atoms with E-state index in [1.165, 1.54) is 6.07 Å². The zero-order chi connectivity index (χ0) is 15.4. The van der Waals surface area contributed by atoms with Crippen LogP contribution in [0.5, 0.6) is 5.75 Å². The number of nitrogens with two attached hydrogens (primary N) is 1. The number of ether oxygens (including phenoxy) is 1. The third kappa shape index (κ3) is 3.72. The molecule has 2 aromatic rings. The smallest absolute Gasteiger partial charge is 0.170 e. The van der Waals surface area contributed by atoms with Crippen molar-refractivity contribution in [2.45, 2.75) is 13.5 Å². The summed E-state index contributed by atoms with van der Waals surface area (Å²) >= 11 is 3.41. The Kier molecular flexibility index (Phi) is 4.80. The molecule has 0 unspecified atom stereocenters. The van der Waals surface area contributed by atoms with E-state index in [1.54, 1.807) is 18.2 Å². The largest absolute Gasteiger partial charge is 0.489 e. The molecule has 0 heterocycles. The Morgan fingerprint density at radius 1 is 1.33 bits per heavy atom. The first-order chi connectivity index (χ1) is 10.0. The number of oxime groups is 1. The molecule has 0 fully saturated rings. The molecular weight excluding hydrogens is 339 g/mol. The minimum atomic E-state index is -0.465. The third-order valence-corrected chi connectivity index (χ3v) is 3.87. The number of hydrogen-bond acceptors (Lipinski definition) is 3. The van der Waals surface area contributed by atoms with Crippen LogP contribution in [0.1, 0.15) is 16.7 Å². The van der Waals surface area contributed by atoms with Crippen molar-refractivity contribution >= 4 is 21.8 Å². The summed E-state index contributed by atoms with van der Waals surface area (Å²) in [4.78, 5) is 0. The number of nitrogens with zero attached hydrogens (tertiary/aromatic N) is 1. The van der Waals surface area contributed by atoms with Crippen molar-refractivity contribution in [2.24, 2.45) is 10.9 Å². The van der Waals surface area contributed by atoms with Gasteiger partial charge in [0.05, 0.1) is 0 Å². The maximum absolute atomic E-state index is 13.9. The van der Waals surface area contributed by atoms with Gasteiger partial charge in [0.1, 0.15) is 18.2 Å². The number of aryl methyl sites for hydroxylation is 1. The summed E-state index contributed by atoms with van der Waals surface area (Å²) in [5.41, 5.74) is 7.16. The molecule has 0 amide bonds. The van der Waals surface area contributed by atoms with E-state index in [4.69, 9.17) is 15.7 Å². The van der Waals surface area contributed by atoms with Crippen molar-refractivity contribution in [3.63, 3.8) is 0 Å². The van der Waals surface area contributed by atoms with Gasteiger partial charge in [0, 0.05) is 15.6 Å². The van der Waals surface area contributed by atoms with Gasteiger partial charge in [-0.2, -0.15) is 0 Å². The van der Waals surface area contributed by atoms with E-state index < -0.39 is 5.82 Å². The molecule has 110 valence electrons. The number of halogens is 2. The van der Waals surface area contributed by atoms with E-state index >= 15 is 0 Å². The molecule has 3 N–H and O–H groups in total. The summed E-state index contributed by atoms with van der Waals surface area (Å²) in [6.07, 6.45) is 0. The molecule has 6 heteroatoms. The summed E-state index contributed by atoms with van der Waals surface area (Å²) in [5, 5.41) is 11.4. The highest BCUT2D eigenvalue weighted by Crippen LogP contribution is 2.22. The summed E-state index contributed by atoms with van der Waals surface area (Å²) < 4.78 is 20.5. The maximum Gasteiger partial charge on any atom is 0.170 e. The zero-order valence-corrected chi connectivity index (χ0v) is 12.9. The normalized spacial score (nSPS) is 11.5. The van der Waals surface area contributed by atoms with Gasteiger partial charge in [-0.25, -0.2) is 4.39 Å². The van der Waals surface area contributed by atoms with Crippen LogP contribution in [-0.4, -0.2) is 11.0 Å². The van der Waals surface area contributed by atoms with Crippen LogP contribution in [0.4, 0.5) is 4.39 Å². The van der Waals surface area contributed by atoms with Gasteiger partial charge < -0.3 is 15.7 Å². The minimum Gasteiger partial charge on any atom is -0.489 e. The third-order valence-electron chi connectivity index (χ3n) is 2.98. The van der Waals surface area contributed by atoms with Crippen molar-refractivity contribution in [2.75, 3.05) is 0 Å². The van der Waals surface area contributed by atoms with Crippen LogP contribution in [0, 0.1) is 12.7 Å². The van der Waals surface area contributed by atoms with Gasteiger partial charge >= 0.3 is 0 Å². The summed E-state index contributed by atoms with van der Waals surface area (Å²) in [6, 6.07) is 9.88. The van der Waals surface area contributed by atoms with E-state index in [2.05, 4.69) is 21.1 Å². The van der Waals surface area contributed by atoms with Gasteiger partial charge in [0.15, 0.2) is 5.84 Å². The molecule has 4 nitrogen and oxygen atoms in total. The molecule has 0 saturated heterocycles. The van der Waals surface area contributed by atoms with Crippen LogP contribution in [0.15, 0.2) is 46.0 Å². The lowest BCUT2D eigenvalue weighted by atomic mass is 10.1. The van der Waals surface area contributed by atoms with E-state index in [-0.39, 0.29) is 12.4 Å². The Hall–Kier alpha value is -2.08. The molecule has 21 heavy (non-hydrogen) atoms. The van der Waals surface area contributed by atoms with Crippen molar-refractivity contribution in [1.29, 1.82) is 0 Å². The average Bonchev–Trinajstić information content (AvgIpc) is 2.48. The Bertz CT molecular complexity index is 689. The van der Waals surface area contributed by atoms with E-state index in [0.29, 0.717) is 16.9 Å². The Morgan fingerprint density at radius 2 is 2.10 bits per heavy atom. The SMILES string of the molecule is Cc1cc(OCc2ccc(/C(N)=N/O)cc2F)ccc1Br. The molecule has 2 aromatic carbocycles. The quantitative estimate of drug-likeness (QED) is 0.382.